The van der Waals surface area contributed by atoms with Crippen molar-refractivity contribution in [2.24, 2.45) is 0 Å². The fourth-order valence-corrected chi connectivity index (χ4v) is 6.17. The lowest BCUT2D eigenvalue weighted by molar-refractivity contribution is -0.137. The van der Waals surface area contributed by atoms with Crippen LogP contribution in [0.25, 0.3) is 10.9 Å². The Labute approximate surface area is 286 Å². The topological polar surface area (TPSA) is 90.4 Å². The van der Waals surface area contributed by atoms with Gasteiger partial charge >= 0.3 is 6.18 Å². The van der Waals surface area contributed by atoms with Crippen LogP contribution in [-0.2, 0) is 28.6 Å². The van der Waals surface area contributed by atoms with Gasteiger partial charge in [-0.15, -0.1) is 0 Å². The van der Waals surface area contributed by atoms with Crippen molar-refractivity contribution in [3.63, 3.8) is 0 Å². The Kier molecular flexibility index (Phi) is 10.4. The van der Waals surface area contributed by atoms with E-state index in [2.05, 4.69) is 9.88 Å². The predicted octanol–water partition coefficient (Wildman–Crippen LogP) is 6.76. The van der Waals surface area contributed by atoms with Crippen LogP contribution in [0.4, 0.5) is 13.2 Å². The number of carbonyl (C=O) groups excluding carboxylic acids is 2. The average molecular weight is 698 g/mol. The number of ether oxygens (including phenoxy) is 4. The maximum absolute atomic E-state index is 13.2. The van der Waals surface area contributed by atoms with Gasteiger partial charge in [0.25, 0.3) is 0 Å². The minimum Gasteiger partial charge on any atom is -0.489 e. The van der Waals surface area contributed by atoms with Crippen LogP contribution in [0.5, 0.6) is 28.7 Å². The molecule has 2 aliphatic rings. The Balaban J connectivity index is 1.10. The number of ketones is 1. The number of benzene rings is 3. The molecule has 13 heteroatoms. The molecule has 0 unspecified atom stereocenters. The summed E-state index contributed by atoms with van der Waals surface area (Å²) in [6, 6.07) is 14.0. The molecule has 0 atom stereocenters. The quantitative estimate of drug-likeness (QED) is 0.159. The number of pyridine rings is 1. The number of aromatic nitrogens is 1. The number of alkyl halides is 3. The average Bonchev–Trinajstić information content (AvgIpc) is 3.08. The number of fused-ring (bicyclic) bond motifs is 3. The highest BCUT2D eigenvalue weighted by molar-refractivity contribution is 6.31. The van der Waals surface area contributed by atoms with Crippen LogP contribution in [0.1, 0.15) is 30.0 Å². The Morgan fingerprint density at radius 3 is 2.31 bits per heavy atom. The molecule has 0 bridgehead atoms. The summed E-state index contributed by atoms with van der Waals surface area (Å²) in [5.41, 5.74) is 0.584. The van der Waals surface area contributed by atoms with Crippen LogP contribution in [0.2, 0.25) is 5.02 Å². The monoisotopic (exact) mass is 697 g/mol. The summed E-state index contributed by atoms with van der Waals surface area (Å²) in [6.07, 6.45) is -2.28. The standard InChI is InChI=1S/C36H35ClF3N3O6/c1-23(44)43-14-12-42(13-15-43)11-2-16-46-32-22-30-33(35-34(32)47-17-18-48-35)31(9-10-41-30)49-27-6-3-24(4-7-27)19-26(45)20-25-5-8-29(37)28(21-25)36(38,39)40/h3-10,21-22H,2,11-20H2,1H3. The summed E-state index contributed by atoms with van der Waals surface area (Å²) < 4.78 is 64.1. The fraction of sp³-hybridized carbons (Fsp3) is 0.361. The summed E-state index contributed by atoms with van der Waals surface area (Å²) in [5.74, 6) is 2.39. The second-order valence-electron chi connectivity index (χ2n) is 11.9. The minimum absolute atomic E-state index is 0.0421. The van der Waals surface area contributed by atoms with E-state index in [9.17, 15) is 22.8 Å². The van der Waals surface area contributed by atoms with Crippen LogP contribution >= 0.6 is 11.6 Å². The lowest BCUT2D eigenvalue weighted by Crippen LogP contribution is -2.48. The molecular weight excluding hydrogens is 663 g/mol. The molecule has 3 heterocycles. The van der Waals surface area contributed by atoms with E-state index in [1.807, 2.05) is 11.0 Å². The summed E-state index contributed by atoms with van der Waals surface area (Å²) in [4.78, 5) is 33.0. The Morgan fingerprint density at radius 1 is 0.898 bits per heavy atom. The van der Waals surface area contributed by atoms with E-state index in [1.54, 1.807) is 43.5 Å². The van der Waals surface area contributed by atoms with Gasteiger partial charge in [-0.25, -0.2) is 0 Å². The number of nitrogens with zero attached hydrogens (tertiary/aromatic N) is 3. The Morgan fingerprint density at radius 2 is 1.59 bits per heavy atom. The zero-order chi connectivity index (χ0) is 34.5. The van der Waals surface area contributed by atoms with Crippen molar-refractivity contribution in [1.29, 1.82) is 0 Å². The first kappa shape index (κ1) is 34.3. The van der Waals surface area contributed by atoms with E-state index in [1.165, 1.54) is 6.07 Å². The highest BCUT2D eigenvalue weighted by atomic mass is 35.5. The van der Waals surface area contributed by atoms with Gasteiger partial charge in [-0.3, -0.25) is 19.5 Å². The normalized spacial score (nSPS) is 14.9. The van der Waals surface area contributed by atoms with Crippen molar-refractivity contribution in [3.05, 3.63) is 82.5 Å². The second kappa shape index (κ2) is 14.9. The maximum atomic E-state index is 13.2. The molecule has 4 aromatic rings. The molecule has 0 radical (unpaired) electrons. The van der Waals surface area contributed by atoms with E-state index >= 15 is 0 Å². The van der Waals surface area contributed by atoms with Gasteiger partial charge < -0.3 is 23.8 Å². The molecule has 0 N–H and O–H groups in total. The third-order valence-electron chi connectivity index (χ3n) is 8.43. The molecular formula is C36H35ClF3N3O6. The number of piperazine rings is 1. The van der Waals surface area contributed by atoms with Gasteiger partial charge in [0, 0.05) is 64.8 Å². The fourth-order valence-electron chi connectivity index (χ4n) is 5.94. The van der Waals surface area contributed by atoms with Crippen molar-refractivity contribution in [2.45, 2.75) is 32.4 Å². The molecule has 3 aromatic carbocycles. The van der Waals surface area contributed by atoms with Gasteiger partial charge in [-0.2, -0.15) is 13.2 Å². The highest BCUT2D eigenvalue weighted by Gasteiger charge is 2.33. The van der Waals surface area contributed by atoms with Crippen molar-refractivity contribution in [3.8, 4) is 28.7 Å². The molecule has 1 fully saturated rings. The third kappa shape index (κ3) is 8.37. The van der Waals surface area contributed by atoms with Crippen molar-refractivity contribution >= 4 is 34.2 Å². The van der Waals surface area contributed by atoms with Crippen LogP contribution in [0.3, 0.4) is 0 Å². The summed E-state index contributed by atoms with van der Waals surface area (Å²) >= 11 is 5.70. The van der Waals surface area contributed by atoms with Crippen LogP contribution in [0, 0.1) is 0 Å². The first-order chi connectivity index (χ1) is 23.5. The van der Waals surface area contributed by atoms with Gasteiger partial charge in [0.1, 0.15) is 30.5 Å². The number of halogens is 4. The lowest BCUT2D eigenvalue weighted by atomic mass is 10.0. The molecule has 2 aliphatic heterocycles. The van der Waals surface area contributed by atoms with Crippen LogP contribution < -0.4 is 18.9 Å². The largest absolute Gasteiger partial charge is 0.489 e. The van der Waals surface area contributed by atoms with Gasteiger partial charge in [-0.05, 0) is 47.9 Å². The van der Waals surface area contributed by atoms with Gasteiger partial charge in [0.2, 0.25) is 11.7 Å². The molecule has 0 aliphatic carbocycles. The minimum atomic E-state index is -4.60. The highest BCUT2D eigenvalue weighted by Crippen LogP contribution is 2.48. The lowest BCUT2D eigenvalue weighted by Gasteiger charge is -2.34. The van der Waals surface area contributed by atoms with Gasteiger partial charge in [-0.1, -0.05) is 29.8 Å². The first-order valence-corrected chi connectivity index (χ1v) is 16.4. The number of carbonyl (C=O) groups is 2. The molecule has 1 aromatic heterocycles. The number of rotatable bonds is 11. The Hall–Kier alpha value is -4.55. The summed E-state index contributed by atoms with van der Waals surface area (Å²) in [6.45, 7) is 6.80. The van der Waals surface area contributed by atoms with E-state index in [4.69, 9.17) is 30.5 Å². The molecule has 6 rings (SSSR count). The molecule has 9 nitrogen and oxygen atoms in total. The van der Waals surface area contributed by atoms with Gasteiger partial charge in [0.05, 0.1) is 28.1 Å². The molecule has 49 heavy (non-hydrogen) atoms. The van der Waals surface area contributed by atoms with E-state index < -0.39 is 16.8 Å². The predicted molar refractivity (Wildman–Crippen MR) is 177 cm³/mol. The number of Topliss-reactive ketones (excluding diaryl/α,β-unsaturated/α-hetero) is 1. The smallest absolute Gasteiger partial charge is 0.417 e. The van der Waals surface area contributed by atoms with E-state index in [0.29, 0.717) is 65.0 Å². The van der Waals surface area contributed by atoms with Crippen molar-refractivity contribution in [2.75, 3.05) is 52.5 Å². The van der Waals surface area contributed by atoms with Crippen LogP contribution in [-0.4, -0.2) is 79.0 Å². The van der Waals surface area contributed by atoms with Crippen molar-refractivity contribution in [1.82, 2.24) is 14.8 Å². The maximum Gasteiger partial charge on any atom is 0.417 e. The second-order valence-corrected chi connectivity index (χ2v) is 12.3. The molecule has 1 saturated heterocycles. The van der Waals surface area contributed by atoms with E-state index in [0.717, 1.165) is 51.3 Å². The van der Waals surface area contributed by atoms with Gasteiger partial charge in [0.15, 0.2) is 11.5 Å². The molecule has 258 valence electrons. The number of hydrogen-bond donors (Lipinski definition) is 0. The third-order valence-corrected chi connectivity index (χ3v) is 8.76. The zero-order valence-corrected chi connectivity index (χ0v) is 27.6. The van der Waals surface area contributed by atoms with E-state index in [-0.39, 0.29) is 30.1 Å². The summed E-state index contributed by atoms with van der Waals surface area (Å²) in [5, 5.41) is 0.229. The first-order valence-electron chi connectivity index (χ1n) is 16.0. The molecule has 0 spiro atoms. The van der Waals surface area contributed by atoms with Crippen LogP contribution in [0.15, 0.2) is 60.8 Å². The number of hydrogen-bond acceptors (Lipinski definition) is 8. The number of amides is 1. The molecule has 0 saturated carbocycles. The van der Waals surface area contributed by atoms with Crippen molar-refractivity contribution < 1.29 is 41.7 Å². The zero-order valence-electron chi connectivity index (χ0n) is 26.9. The molecule has 1 amide bonds. The Bertz CT molecular complexity index is 1830. The SMILES string of the molecule is CC(=O)N1CCN(CCCOc2cc3nccc(Oc4ccc(CC(=O)Cc5ccc(Cl)c(C(F)(F)F)c5)cc4)c3c3c2OCCO3)CC1. The summed E-state index contributed by atoms with van der Waals surface area (Å²) in [7, 11) is 0.